The van der Waals surface area contributed by atoms with Gasteiger partial charge in [0.25, 0.3) is 0 Å². The fourth-order valence-electron chi connectivity index (χ4n) is 0.670. The van der Waals surface area contributed by atoms with Crippen LogP contribution >= 0.6 is 11.3 Å². The molecule has 0 unspecified atom stereocenters. The predicted octanol–water partition coefficient (Wildman–Crippen LogP) is 1.96. The van der Waals surface area contributed by atoms with E-state index in [-0.39, 0.29) is 0 Å². The predicted molar refractivity (Wildman–Crippen MR) is 45.6 cm³/mol. The summed E-state index contributed by atoms with van der Waals surface area (Å²) in [6, 6.07) is 0. The Kier molecular flexibility index (Phi) is 2.24. The lowest BCUT2D eigenvalue weighted by Gasteiger charge is -1.86. The molecule has 1 rings (SSSR count). The third kappa shape index (κ3) is 1.57. The lowest BCUT2D eigenvalue weighted by atomic mass is 10.4. The highest BCUT2D eigenvalue weighted by Gasteiger charge is 2.05. The van der Waals surface area contributed by atoms with E-state index in [0.717, 1.165) is 10.7 Å². The van der Waals surface area contributed by atoms with Crippen molar-refractivity contribution < 1.29 is 5.21 Å². The van der Waals surface area contributed by atoms with Crippen LogP contribution in [-0.4, -0.2) is 15.9 Å². The second-order valence-corrected chi connectivity index (χ2v) is 3.55. The highest BCUT2D eigenvalue weighted by atomic mass is 32.1. The number of aryl methyl sites for hydroxylation is 2. The molecule has 4 heteroatoms. The van der Waals surface area contributed by atoms with E-state index in [1.165, 1.54) is 4.88 Å². The summed E-state index contributed by atoms with van der Waals surface area (Å²) < 4.78 is 0. The number of nitrogens with zero attached hydrogens (tertiary/aromatic N) is 2. The Morgan fingerprint density at radius 3 is 2.55 bits per heavy atom. The average Bonchev–Trinajstić information content (AvgIpc) is 2.31. The minimum atomic E-state index is 0.575. The molecule has 0 saturated heterocycles. The zero-order chi connectivity index (χ0) is 8.43. The zero-order valence-electron chi connectivity index (χ0n) is 6.75. The van der Waals surface area contributed by atoms with Crippen LogP contribution in [0.3, 0.4) is 0 Å². The molecule has 1 heterocycles. The van der Waals surface area contributed by atoms with Gasteiger partial charge in [-0.05, 0) is 20.8 Å². The van der Waals surface area contributed by atoms with Crippen molar-refractivity contribution in [1.82, 2.24) is 4.98 Å². The van der Waals surface area contributed by atoms with Crippen molar-refractivity contribution in [1.29, 1.82) is 0 Å². The van der Waals surface area contributed by atoms with Crippen LogP contribution in [0.1, 0.15) is 22.5 Å². The summed E-state index contributed by atoms with van der Waals surface area (Å²) in [5.74, 6) is 0. The van der Waals surface area contributed by atoms with E-state index in [4.69, 9.17) is 5.21 Å². The molecule has 1 aromatic rings. The third-order valence-electron chi connectivity index (χ3n) is 1.49. The van der Waals surface area contributed by atoms with Gasteiger partial charge < -0.3 is 5.21 Å². The van der Waals surface area contributed by atoms with E-state index < -0.39 is 0 Å². The Morgan fingerprint density at radius 2 is 2.18 bits per heavy atom. The molecule has 0 radical (unpaired) electrons. The topological polar surface area (TPSA) is 45.5 Å². The summed E-state index contributed by atoms with van der Waals surface area (Å²) in [5, 5.41) is 12.3. The molecule has 60 valence electrons. The van der Waals surface area contributed by atoms with Gasteiger partial charge in [0, 0.05) is 4.88 Å². The largest absolute Gasteiger partial charge is 0.411 e. The normalized spacial score (nSPS) is 12.1. The smallest absolute Gasteiger partial charge is 0.141 e. The summed E-state index contributed by atoms with van der Waals surface area (Å²) >= 11 is 1.55. The van der Waals surface area contributed by atoms with Crippen LogP contribution in [0.15, 0.2) is 5.16 Å². The van der Waals surface area contributed by atoms with E-state index in [0.29, 0.717) is 5.71 Å². The molecule has 11 heavy (non-hydrogen) atoms. The summed E-state index contributed by atoms with van der Waals surface area (Å²) in [6.45, 7) is 5.68. The van der Waals surface area contributed by atoms with Crippen molar-refractivity contribution in [3.05, 3.63) is 15.6 Å². The number of hydrogen-bond acceptors (Lipinski definition) is 4. The molecule has 3 nitrogen and oxygen atoms in total. The molecule has 0 fully saturated rings. The first kappa shape index (κ1) is 8.20. The van der Waals surface area contributed by atoms with E-state index >= 15 is 0 Å². The summed E-state index contributed by atoms with van der Waals surface area (Å²) in [5.41, 5.74) is 1.58. The summed E-state index contributed by atoms with van der Waals surface area (Å²) in [4.78, 5) is 5.38. The first-order chi connectivity index (χ1) is 5.15. The van der Waals surface area contributed by atoms with Gasteiger partial charge in [0.1, 0.15) is 10.7 Å². The molecule has 0 spiro atoms. The number of oxime groups is 1. The Morgan fingerprint density at radius 1 is 1.55 bits per heavy atom. The maximum Gasteiger partial charge on any atom is 0.141 e. The SMILES string of the molecule is C/C(=N\O)c1nc(C)c(C)s1. The van der Waals surface area contributed by atoms with Gasteiger partial charge in [-0.25, -0.2) is 4.98 Å². The Labute approximate surface area is 69.4 Å². The number of rotatable bonds is 1. The van der Waals surface area contributed by atoms with Gasteiger partial charge in [0.05, 0.1) is 5.69 Å². The van der Waals surface area contributed by atoms with Crippen LogP contribution in [0, 0.1) is 13.8 Å². The fourth-order valence-corrected chi connectivity index (χ4v) is 1.52. The summed E-state index contributed by atoms with van der Waals surface area (Å²) in [7, 11) is 0. The van der Waals surface area contributed by atoms with E-state index in [2.05, 4.69) is 10.1 Å². The van der Waals surface area contributed by atoms with Crippen LogP contribution < -0.4 is 0 Å². The molecule has 0 amide bonds. The minimum absolute atomic E-state index is 0.575. The molecule has 1 aromatic heterocycles. The highest BCUT2D eigenvalue weighted by molar-refractivity contribution is 7.13. The van der Waals surface area contributed by atoms with Gasteiger partial charge in [-0.2, -0.15) is 0 Å². The summed E-state index contributed by atoms with van der Waals surface area (Å²) in [6.07, 6.45) is 0. The van der Waals surface area contributed by atoms with Crippen molar-refractivity contribution in [3.63, 3.8) is 0 Å². The van der Waals surface area contributed by atoms with Crippen LogP contribution in [0.25, 0.3) is 0 Å². The van der Waals surface area contributed by atoms with E-state index in [1.54, 1.807) is 18.3 Å². The van der Waals surface area contributed by atoms with Gasteiger partial charge in [-0.3, -0.25) is 0 Å². The van der Waals surface area contributed by atoms with Crippen LogP contribution in [-0.2, 0) is 0 Å². The van der Waals surface area contributed by atoms with Crippen LogP contribution in [0.2, 0.25) is 0 Å². The average molecular weight is 170 g/mol. The number of aromatic nitrogens is 1. The lowest BCUT2D eigenvalue weighted by Crippen LogP contribution is -1.92. The first-order valence-corrected chi connectivity index (χ1v) is 4.10. The molecule has 0 aliphatic carbocycles. The molecule has 0 atom stereocenters. The Balaban J connectivity index is 3.07. The zero-order valence-corrected chi connectivity index (χ0v) is 7.57. The van der Waals surface area contributed by atoms with Gasteiger partial charge in [0.15, 0.2) is 0 Å². The van der Waals surface area contributed by atoms with Crippen molar-refractivity contribution in [3.8, 4) is 0 Å². The molecule has 0 bridgehead atoms. The first-order valence-electron chi connectivity index (χ1n) is 3.28. The maximum absolute atomic E-state index is 8.44. The van der Waals surface area contributed by atoms with E-state index in [9.17, 15) is 0 Å². The van der Waals surface area contributed by atoms with E-state index in [1.807, 2.05) is 13.8 Å². The molecule has 1 N–H and O–H groups in total. The maximum atomic E-state index is 8.44. The van der Waals surface area contributed by atoms with Crippen molar-refractivity contribution >= 4 is 17.0 Å². The quantitative estimate of drug-likeness (QED) is 0.398. The van der Waals surface area contributed by atoms with Gasteiger partial charge in [0.2, 0.25) is 0 Å². The third-order valence-corrected chi connectivity index (χ3v) is 2.67. The van der Waals surface area contributed by atoms with Crippen LogP contribution in [0.4, 0.5) is 0 Å². The Hall–Kier alpha value is -0.900. The van der Waals surface area contributed by atoms with Crippen LogP contribution in [0.5, 0.6) is 0 Å². The molecular weight excluding hydrogens is 160 g/mol. The van der Waals surface area contributed by atoms with Crippen molar-refractivity contribution in [2.24, 2.45) is 5.16 Å². The van der Waals surface area contributed by atoms with Gasteiger partial charge in [-0.15, -0.1) is 11.3 Å². The molecular formula is C7H10N2OS. The fraction of sp³-hybridized carbons (Fsp3) is 0.429. The van der Waals surface area contributed by atoms with Gasteiger partial charge in [-0.1, -0.05) is 5.16 Å². The van der Waals surface area contributed by atoms with Crippen molar-refractivity contribution in [2.75, 3.05) is 0 Å². The number of hydrogen-bond donors (Lipinski definition) is 1. The number of thiazole rings is 1. The molecule has 0 saturated carbocycles. The van der Waals surface area contributed by atoms with Gasteiger partial charge >= 0.3 is 0 Å². The molecule has 0 aromatic carbocycles. The monoisotopic (exact) mass is 170 g/mol. The lowest BCUT2D eigenvalue weighted by molar-refractivity contribution is 0.319. The highest BCUT2D eigenvalue weighted by Crippen LogP contribution is 2.16. The minimum Gasteiger partial charge on any atom is -0.411 e. The second kappa shape index (κ2) is 3.00. The van der Waals surface area contributed by atoms with Crippen molar-refractivity contribution in [2.45, 2.75) is 20.8 Å². The second-order valence-electron chi connectivity index (χ2n) is 2.35. The molecule has 0 aliphatic rings. The Bertz CT molecular complexity index is 271. The molecule has 0 aliphatic heterocycles. The standard InChI is InChI=1S/C7H10N2OS/c1-4-6(3)11-7(8-4)5(2)9-10/h10H,1-3H3/b9-5+.